The van der Waals surface area contributed by atoms with E-state index in [1.807, 2.05) is 0 Å². The molecule has 27 heavy (non-hydrogen) atoms. The summed E-state index contributed by atoms with van der Waals surface area (Å²) in [6.07, 6.45) is -9.75. The molecule has 7 nitrogen and oxygen atoms in total. The van der Waals surface area contributed by atoms with Crippen LogP contribution >= 0.6 is 0 Å². The summed E-state index contributed by atoms with van der Waals surface area (Å²) in [5, 5.41) is 20.2. The molecule has 13 heteroatoms. The van der Waals surface area contributed by atoms with E-state index < -0.39 is 56.6 Å². The number of hydrogen-bond acceptors (Lipinski definition) is 5. The molecule has 1 aromatic heterocycles. The van der Waals surface area contributed by atoms with Crippen LogP contribution in [0.5, 0.6) is 0 Å². The zero-order valence-corrected chi connectivity index (χ0v) is 13.0. The number of nitrogens with zero attached hydrogens (tertiary/aromatic N) is 4. The molecular weight excluding hydrogens is 386 g/mol. The number of nitro benzene ring substituents is 1. The third-order valence-corrected chi connectivity index (χ3v) is 3.44. The van der Waals surface area contributed by atoms with Crippen molar-refractivity contribution < 1.29 is 31.3 Å². The van der Waals surface area contributed by atoms with Gasteiger partial charge in [0.2, 0.25) is 0 Å². The lowest BCUT2D eigenvalue weighted by molar-refractivity contribution is -0.384. The van der Waals surface area contributed by atoms with Crippen LogP contribution in [-0.4, -0.2) is 14.5 Å². The van der Waals surface area contributed by atoms with Gasteiger partial charge < -0.3 is 0 Å². The molecule has 2 rings (SSSR count). The largest absolute Gasteiger partial charge is 0.433 e. The number of nitro groups is 1. The Morgan fingerprint density at radius 3 is 2.22 bits per heavy atom. The first kappa shape index (κ1) is 19.9. The quantitative estimate of drug-likeness (QED) is 0.443. The first-order chi connectivity index (χ1) is 12.3. The Bertz CT molecular complexity index is 1030. The first-order valence-corrected chi connectivity index (χ1v) is 6.74. The van der Waals surface area contributed by atoms with Crippen molar-refractivity contribution in [1.29, 1.82) is 5.26 Å². The molecule has 0 saturated carbocycles. The van der Waals surface area contributed by atoms with E-state index in [2.05, 4.69) is 4.98 Å². The maximum atomic E-state index is 12.9. The van der Waals surface area contributed by atoms with Crippen LogP contribution in [0.15, 0.2) is 23.3 Å². The molecule has 0 amide bonds. The molecule has 1 aromatic carbocycles. The second-order valence-electron chi connectivity index (χ2n) is 5.15. The summed E-state index contributed by atoms with van der Waals surface area (Å²) in [5.41, 5.74) is -8.58. The normalized spacial score (nSPS) is 11.9. The second kappa shape index (κ2) is 6.38. The predicted octanol–water partition coefficient (Wildman–Crippen LogP) is 3.36. The van der Waals surface area contributed by atoms with E-state index >= 15 is 0 Å². The van der Waals surface area contributed by atoms with E-state index in [1.54, 1.807) is 0 Å². The second-order valence-corrected chi connectivity index (χ2v) is 5.15. The summed E-state index contributed by atoms with van der Waals surface area (Å²) in [6, 6.07) is 1.61. The molecule has 0 aliphatic heterocycles. The number of alkyl halides is 6. The summed E-state index contributed by atoms with van der Waals surface area (Å²) < 4.78 is 77.3. The van der Waals surface area contributed by atoms with Crippen LogP contribution in [0.25, 0.3) is 5.69 Å². The van der Waals surface area contributed by atoms with E-state index in [4.69, 9.17) is 5.26 Å². The van der Waals surface area contributed by atoms with Crippen LogP contribution in [0.2, 0.25) is 0 Å². The Kier molecular flexibility index (Phi) is 4.70. The lowest BCUT2D eigenvalue weighted by Gasteiger charge is -2.14. The van der Waals surface area contributed by atoms with Gasteiger partial charge >= 0.3 is 12.4 Å². The van der Waals surface area contributed by atoms with Gasteiger partial charge in [-0.1, -0.05) is 0 Å². The molecule has 0 saturated heterocycles. The summed E-state index contributed by atoms with van der Waals surface area (Å²) in [5.74, 6) is 0. The van der Waals surface area contributed by atoms with E-state index in [0.717, 1.165) is 6.92 Å². The number of rotatable bonds is 2. The van der Waals surface area contributed by atoms with Gasteiger partial charge in [0.25, 0.3) is 11.2 Å². The topological polar surface area (TPSA) is 102 Å². The molecule has 0 spiro atoms. The van der Waals surface area contributed by atoms with Crippen LogP contribution < -0.4 is 5.56 Å². The molecule has 2 aromatic rings. The molecule has 0 fully saturated rings. The maximum Gasteiger partial charge on any atom is 0.433 e. The Labute approximate surface area is 145 Å². The summed E-state index contributed by atoms with van der Waals surface area (Å²) >= 11 is 0. The Balaban J connectivity index is 2.92. The van der Waals surface area contributed by atoms with Crippen molar-refractivity contribution in [2.24, 2.45) is 0 Å². The van der Waals surface area contributed by atoms with Gasteiger partial charge in [0.1, 0.15) is 18.1 Å². The number of nitriles is 1. The lowest BCUT2D eigenvalue weighted by Crippen LogP contribution is -2.27. The van der Waals surface area contributed by atoms with Crippen LogP contribution in [0.3, 0.4) is 0 Å². The van der Waals surface area contributed by atoms with E-state index in [1.165, 1.54) is 6.07 Å². The van der Waals surface area contributed by atoms with Crippen LogP contribution in [-0.2, 0) is 12.4 Å². The molecule has 1 heterocycles. The van der Waals surface area contributed by atoms with Crippen LogP contribution in [0, 0.1) is 28.4 Å². The average molecular weight is 392 g/mol. The van der Waals surface area contributed by atoms with Crippen molar-refractivity contribution in [3.63, 3.8) is 0 Å². The highest BCUT2D eigenvalue weighted by atomic mass is 19.4. The molecule has 0 radical (unpaired) electrons. The third kappa shape index (κ3) is 3.59. The van der Waals surface area contributed by atoms with E-state index in [-0.39, 0.29) is 23.0 Å². The van der Waals surface area contributed by atoms with Crippen molar-refractivity contribution in [1.82, 2.24) is 9.55 Å². The SMILES string of the molecule is Cc1c(C(F)(F)F)ncn(-c2c(C#N)cc(C(F)(F)F)cc2[N+](=O)[O-])c1=O. The van der Waals surface area contributed by atoms with Crippen molar-refractivity contribution >= 4 is 5.69 Å². The van der Waals surface area contributed by atoms with Gasteiger partial charge in [-0.15, -0.1) is 0 Å². The molecule has 0 aliphatic carbocycles. The van der Waals surface area contributed by atoms with Gasteiger partial charge in [-0.05, 0) is 13.0 Å². The fourth-order valence-corrected chi connectivity index (χ4v) is 2.25. The number of aromatic nitrogens is 2. The number of halogens is 6. The molecule has 142 valence electrons. The monoisotopic (exact) mass is 392 g/mol. The first-order valence-electron chi connectivity index (χ1n) is 6.74. The zero-order chi connectivity index (χ0) is 20.7. The third-order valence-electron chi connectivity index (χ3n) is 3.44. The van der Waals surface area contributed by atoms with Gasteiger partial charge in [-0.2, -0.15) is 31.6 Å². The summed E-state index contributed by atoms with van der Waals surface area (Å²) in [4.78, 5) is 25.1. The highest BCUT2D eigenvalue weighted by molar-refractivity contribution is 5.64. The minimum Gasteiger partial charge on any atom is -0.269 e. The predicted molar refractivity (Wildman–Crippen MR) is 75.9 cm³/mol. The molecule has 0 aliphatic rings. The van der Waals surface area contributed by atoms with E-state index in [0.29, 0.717) is 0 Å². The van der Waals surface area contributed by atoms with Crippen molar-refractivity contribution in [3.8, 4) is 11.8 Å². The van der Waals surface area contributed by atoms with Gasteiger partial charge in [0.05, 0.1) is 16.1 Å². The Hall–Kier alpha value is -3.43. The Morgan fingerprint density at radius 1 is 1.19 bits per heavy atom. The smallest absolute Gasteiger partial charge is 0.269 e. The fourth-order valence-electron chi connectivity index (χ4n) is 2.25. The van der Waals surface area contributed by atoms with Gasteiger partial charge in [-0.25, -0.2) is 4.98 Å². The van der Waals surface area contributed by atoms with Crippen LogP contribution in [0.1, 0.15) is 22.4 Å². The number of benzene rings is 1. The summed E-state index contributed by atoms with van der Waals surface area (Å²) in [7, 11) is 0. The number of hydrogen-bond donors (Lipinski definition) is 0. The van der Waals surface area contributed by atoms with Crippen LogP contribution in [0.4, 0.5) is 32.0 Å². The Morgan fingerprint density at radius 2 is 1.78 bits per heavy atom. The van der Waals surface area contributed by atoms with Gasteiger partial charge in [-0.3, -0.25) is 19.5 Å². The summed E-state index contributed by atoms with van der Waals surface area (Å²) in [6.45, 7) is 0.747. The molecule has 0 unspecified atom stereocenters. The molecule has 0 bridgehead atoms. The molecular formula is C14H6F6N4O3. The minimum atomic E-state index is -5.03. The molecule has 0 atom stereocenters. The van der Waals surface area contributed by atoms with Crippen molar-refractivity contribution in [3.05, 3.63) is 61.3 Å². The molecule has 0 N–H and O–H groups in total. The van der Waals surface area contributed by atoms with Gasteiger partial charge in [0.15, 0.2) is 5.69 Å². The fraction of sp³-hybridized carbons (Fsp3) is 0.214. The van der Waals surface area contributed by atoms with Crippen molar-refractivity contribution in [2.45, 2.75) is 19.3 Å². The highest BCUT2D eigenvalue weighted by Crippen LogP contribution is 2.36. The maximum absolute atomic E-state index is 12.9. The average Bonchev–Trinajstić information content (AvgIpc) is 2.54. The lowest BCUT2D eigenvalue weighted by atomic mass is 10.1. The standard InChI is InChI=1S/C14H6F6N4O3/c1-6-11(14(18,19)20)22-5-23(12(6)25)10-7(4-21)2-8(13(15,16)17)3-9(10)24(26)27/h2-3,5H,1H3. The highest BCUT2D eigenvalue weighted by Gasteiger charge is 2.38. The van der Waals surface area contributed by atoms with E-state index in [9.17, 15) is 41.3 Å². The van der Waals surface area contributed by atoms with Gasteiger partial charge in [0, 0.05) is 11.6 Å². The minimum absolute atomic E-state index is 0.0790. The zero-order valence-electron chi connectivity index (χ0n) is 13.0. The van der Waals surface area contributed by atoms with Crippen molar-refractivity contribution in [2.75, 3.05) is 0 Å².